The molecular weight excluding hydrogens is 562 g/mol. The van der Waals surface area contributed by atoms with Gasteiger partial charge in [0.2, 0.25) is 0 Å². The van der Waals surface area contributed by atoms with Crippen LogP contribution < -0.4 is 0 Å². The lowest BCUT2D eigenvalue weighted by atomic mass is 9.80. The molecule has 2 heterocycles. The molecule has 0 bridgehead atoms. The maximum absolute atomic E-state index is 6.33. The molecule has 218 valence electrons. The zero-order chi connectivity index (χ0) is 30.8. The Labute approximate surface area is 267 Å². The van der Waals surface area contributed by atoms with Gasteiger partial charge in [0.15, 0.2) is 17.5 Å². The van der Waals surface area contributed by atoms with Crippen LogP contribution in [0.3, 0.4) is 0 Å². The van der Waals surface area contributed by atoms with E-state index in [4.69, 9.17) is 19.4 Å². The Balaban J connectivity index is 1.19. The number of furan rings is 1. The molecule has 0 aliphatic heterocycles. The average molecular weight is 592 g/mol. The minimum Gasteiger partial charge on any atom is -0.455 e. The quantitative estimate of drug-likeness (QED) is 0.204. The number of nitrogens with zero attached hydrogens (tertiary/aromatic N) is 3. The third-order valence-electron chi connectivity index (χ3n) is 9.35. The molecule has 0 spiro atoms. The van der Waals surface area contributed by atoms with E-state index in [0.29, 0.717) is 17.5 Å². The van der Waals surface area contributed by atoms with Crippen molar-refractivity contribution in [1.82, 2.24) is 15.0 Å². The van der Waals surface area contributed by atoms with Gasteiger partial charge in [-0.15, -0.1) is 0 Å². The summed E-state index contributed by atoms with van der Waals surface area (Å²) in [5, 5.41) is 2.24. The minimum absolute atomic E-state index is 0.193. The normalized spacial score (nSPS) is 13.2. The first-order valence-electron chi connectivity index (χ1n) is 15.6. The number of para-hydroxylation sites is 2. The zero-order valence-electron chi connectivity index (χ0n) is 25.5. The van der Waals surface area contributed by atoms with Crippen LogP contribution in [0.15, 0.2) is 144 Å². The van der Waals surface area contributed by atoms with E-state index in [9.17, 15) is 0 Å². The molecule has 1 aliphatic carbocycles. The van der Waals surface area contributed by atoms with E-state index in [-0.39, 0.29) is 5.41 Å². The monoisotopic (exact) mass is 591 g/mol. The van der Waals surface area contributed by atoms with Gasteiger partial charge in [-0.3, -0.25) is 0 Å². The smallest absolute Gasteiger partial charge is 0.164 e. The van der Waals surface area contributed by atoms with Crippen molar-refractivity contribution >= 4 is 21.9 Å². The standard InChI is InChI=1S/C42H29N3O/c1-42(2)35-20-8-6-14-30(35)32-17-11-19-34(37(32)42)41-44-39(27-12-4-3-5-13-27)43-40(45-41)28-24-22-26(23-25-28)29-16-10-18-33-31-15-7-9-21-36(31)46-38(29)33/h3-25H,1-2H3. The second-order valence-corrected chi connectivity index (χ2v) is 12.4. The maximum Gasteiger partial charge on any atom is 0.164 e. The van der Waals surface area contributed by atoms with Crippen molar-refractivity contribution in [1.29, 1.82) is 0 Å². The summed E-state index contributed by atoms with van der Waals surface area (Å²) in [4.78, 5) is 15.2. The fraction of sp³-hybridized carbons (Fsp3) is 0.0714. The van der Waals surface area contributed by atoms with E-state index >= 15 is 0 Å². The molecule has 2 aromatic heterocycles. The van der Waals surface area contributed by atoms with Crippen molar-refractivity contribution in [2.24, 2.45) is 0 Å². The summed E-state index contributed by atoms with van der Waals surface area (Å²) in [5.74, 6) is 1.98. The summed E-state index contributed by atoms with van der Waals surface area (Å²) in [5.41, 5.74) is 11.7. The van der Waals surface area contributed by atoms with Gasteiger partial charge in [0.1, 0.15) is 11.2 Å². The SMILES string of the molecule is CC1(C)c2ccccc2-c2cccc(-c3nc(-c4ccccc4)nc(-c4ccc(-c5cccc6c5oc5ccccc56)cc4)n3)c21. The molecule has 0 atom stereocenters. The third-order valence-corrected chi connectivity index (χ3v) is 9.35. The Morgan fingerprint density at radius 1 is 0.435 bits per heavy atom. The molecule has 6 aromatic carbocycles. The number of fused-ring (bicyclic) bond motifs is 6. The second-order valence-electron chi connectivity index (χ2n) is 12.4. The van der Waals surface area contributed by atoms with Crippen molar-refractivity contribution in [3.63, 3.8) is 0 Å². The number of hydrogen-bond acceptors (Lipinski definition) is 4. The molecule has 0 saturated heterocycles. The Kier molecular flexibility index (Phi) is 5.81. The first-order valence-corrected chi connectivity index (χ1v) is 15.6. The molecule has 4 nitrogen and oxygen atoms in total. The number of hydrogen-bond donors (Lipinski definition) is 0. The Morgan fingerprint density at radius 3 is 1.83 bits per heavy atom. The zero-order valence-corrected chi connectivity index (χ0v) is 25.5. The van der Waals surface area contributed by atoms with Gasteiger partial charge in [-0.1, -0.05) is 147 Å². The largest absolute Gasteiger partial charge is 0.455 e. The van der Waals surface area contributed by atoms with Crippen LogP contribution in [0, 0.1) is 0 Å². The van der Waals surface area contributed by atoms with Gasteiger partial charge in [-0.25, -0.2) is 15.0 Å². The first-order chi connectivity index (χ1) is 22.6. The molecule has 1 aliphatic rings. The van der Waals surface area contributed by atoms with Gasteiger partial charge in [0.05, 0.1) is 0 Å². The van der Waals surface area contributed by atoms with Crippen molar-refractivity contribution in [3.05, 3.63) is 151 Å². The fourth-order valence-corrected chi connectivity index (χ4v) is 7.15. The van der Waals surface area contributed by atoms with E-state index in [1.807, 2.05) is 30.3 Å². The van der Waals surface area contributed by atoms with Crippen LogP contribution in [-0.2, 0) is 5.41 Å². The van der Waals surface area contributed by atoms with Gasteiger partial charge >= 0.3 is 0 Å². The molecule has 46 heavy (non-hydrogen) atoms. The summed E-state index contributed by atoms with van der Waals surface area (Å²) in [7, 11) is 0. The molecule has 0 unspecified atom stereocenters. The van der Waals surface area contributed by atoms with E-state index < -0.39 is 0 Å². The van der Waals surface area contributed by atoms with Gasteiger partial charge in [0, 0.05) is 38.4 Å². The van der Waals surface area contributed by atoms with Crippen LogP contribution in [0.5, 0.6) is 0 Å². The Bertz CT molecular complexity index is 2440. The second kappa shape index (κ2) is 10.1. The van der Waals surface area contributed by atoms with Crippen LogP contribution in [0.4, 0.5) is 0 Å². The summed E-state index contributed by atoms with van der Waals surface area (Å²) in [6.07, 6.45) is 0. The third kappa shape index (κ3) is 4.04. The lowest BCUT2D eigenvalue weighted by Gasteiger charge is -2.24. The Hall–Kier alpha value is -5.87. The molecule has 9 rings (SSSR count). The van der Waals surface area contributed by atoms with Crippen molar-refractivity contribution in [3.8, 4) is 56.4 Å². The highest BCUT2D eigenvalue weighted by molar-refractivity contribution is 6.09. The van der Waals surface area contributed by atoms with Gasteiger partial charge < -0.3 is 4.42 Å². The van der Waals surface area contributed by atoms with E-state index in [1.54, 1.807) is 0 Å². The lowest BCUT2D eigenvalue weighted by molar-refractivity contribution is 0.661. The van der Waals surface area contributed by atoms with Crippen molar-refractivity contribution < 1.29 is 4.42 Å². The molecular formula is C42H29N3O. The van der Waals surface area contributed by atoms with E-state index in [2.05, 4.69) is 123 Å². The van der Waals surface area contributed by atoms with Gasteiger partial charge in [-0.2, -0.15) is 0 Å². The van der Waals surface area contributed by atoms with Gasteiger partial charge in [-0.05, 0) is 33.9 Å². The lowest BCUT2D eigenvalue weighted by Crippen LogP contribution is -2.17. The molecule has 0 fully saturated rings. The fourth-order valence-electron chi connectivity index (χ4n) is 7.15. The van der Waals surface area contributed by atoms with Gasteiger partial charge in [0.25, 0.3) is 0 Å². The molecule has 0 N–H and O–H groups in total. The van der Waals surface area contributed by atoms with Crippen LogP contribution in [0.1, 0.15) is 25.0 Å². The van der Waals surface area contributed by atoms with Crippen LogP contribution in [0.2, 0.25) is 0 Å². The predicted molar refractivity (Wildman–Crippen MR) is 186 cm³/mol. The van der Waals surface area contributed by atoms with E-state index in [0.717, 1.165) is 49.8 Å². The summed E-state index contributed by atoms with van der Waals surface area (Å²) in [6, 6.07) is 48.3. The minimum atomic E-state index is -0.193. The summed E-state index contributed by atoms with van der Waals surface area (Å²) >= 11 is 0. The number of benzene rings is 6. The molecule has 0 radical (unpaired) electrons. The van der Waals surface area contributed by atoms with Crippen LogP contribution in [-0.4, -0.2) is 15.0 Å². The summed E-state index contributed by atoms with van der Waals surface area (Å²) < 4.78 is 6.33. The maximum atomic E-state index is 6.33. The van der Waals surface area contributed by atoms with Crippen molar-refractivity contribution in [2.75, 3.05) is 0 Å². The molecule has 8 aromatic rings. The highest BCUT2D eigenvalue weighted by Crippen LogP contribution is 2.51. The highest BCUT2D eigenvalue weighted by Gasteiger charge is 2.38. The van der Waals surface area contributed by atoms with Crippen LogP contribution in [0.25, 0.3) is 78.4 Å². The average Bonchev–Trinajstić information content (AvgIpc) is 3.61. The predicted octanol–water partition coefficient (Wildman–Crippen LogP) is 10.7. The molecule has 0 saturated carbocycles. The highest BCUT2D eigenvalue weighted by atomic mass is 16.3. The van der Waals surface area contributed by atoms with Crippen molar-refractivity contribution in [2.45, 2.75) is 19.3 Å². The number of rotatable bonds is 4. The summed E-state index contributed by atoms with van der Waals surface area (Å²) in [6.45, 7) is 4.59. The topological polar surface area (TPSA) is 51.8 Å². The Morgan fingerprint density at radius 2 is 1.00 bits per heavy atom. The molecule has 4 heteroatoms. The van der Waals surface area contributed by atoms with Crippen LogP contribution >= 0.6 is 0 Å². The molecule has 0 amide bonds. The van der Waals surface area contributed by atoms with E-state index in [1.165, 1.54) is 22.3 Å². The number of aromatic nitrogens is 3. The first kappa shape index (κ1) is 26.5.